The monoisotopic (exact) mass is 854 g/mol. The van der Waals surface area contributed by atoms with Crippen LogP contribution in [0.3, 0.4) is 0 Å². The minimum Gasteiger partial charge on any atom is -0.483 e. The van der Waals surface area contributed by atoms with Crippen LogP contribution in [0.5, 0.6) is 17.2 Å². The van der Waals surface area contributed by atoms with Gasteiger partial charge in [-0.05, 0) is 158 Å². The van der Waals surface area contributed by atoms with E-state index in [2.05, 4.69) is 0 Å². The van der Waals surface area contributed by atoms with Gasteiger partial charge in [-0.2, -0.15) is 0 Å². The maximum Gasteiger partial charge on any atom is 0.206 e. The number of benzene rings is 6. The Morgan fingerprint density at radius 2 is 0.828 bits per heavy atom. The van der Waals surface area contributed by atoms with Crippen LogP contribution in [0, 0.1) is 0 Å². The molecule has 0 N–H and O–H groups in total. The summed E-state index contributed by atoms with van der Waals surface area (Å²) in [5.41, 5.74) is 1.92. The van der Waals surface area contributed by atoms with Gasteiger partial charge in [0.15, 0.2) is 5.78 Å². The minimum atomic E-state index is -3.75. The number of hydrogen-bond acceptors (Lipinski definition) is 7. The molecule has 0 aliphatic carbocycles. The number of rotatable bonds is 16. The molecule has 0 aromatic heterocycles. The van der Waals surface area contributed by atoms with Crippen LogP contribution in [0.1, 0.15) is 80.4 Å². The molecule has 6 aromatic carbocycles. The van der Waals surface area contributed by atoms with Crippen molar-refractivity contribution in [2.24, 2.45) is 0 Å². The Bertz CT molecular complexity index is 2560. The highest BCUT2D eigenvalue weighted by atomic mass is 35.5. The van der Waals surface area contributed by atoms with Crippen LogP contribution < -0.4 is 9.47 Å². The maximum absolute atomic E-state index is 13.4. The van der Waals surface area contributed by atoms with Crippen molar-refractivity contribution in [2.75, 3.05) is 0 Å². The van der Waals surface area contributed by atoms with Crippen molar-refractivity contribution in [3.05, 3.63) is 173 Å². The molecule has 0 saturated heterocycles. The summed E-state index contributed by atoms with van der Waals surface area (Å²) >= 11 is 12.7. The van der Waals surface area contributed by atoms with E-state index in [4.69, 9.17) is 32.7 Å². The predicted octanol–water partition coefficient (Wildman–Crippen LogP) is 12.4. The third kappa shape index (κ3) is 8.88. The van der Waals surface area contributed by atoms with Gasteiger partial charge in [-0.3, -0.25) is 4.79 Å². The van der Waals surface area contributed by atoms with E-state index in [1.165, 1.54) is 24.3 Å². The third-order valence-electron chi connectivity index (χ3n) is 10.7. The molecular weight excluding hydrogens is 812 g/mol. The van der Waals surface area contributed by atoms with E-state index in [-0.39, 0.29) is 25.4 Å². The van der Waals surface area contributed by atoms with Crippen molar-refractivity contribution in [2.45, 2.75) is 83.4 Å². The molecule has 0 spiro atoms. The zero-order valence-corrected chi connectivity index (χ0v) is 35.8. The lowest BCUT2D eigenvalue weighted by atomic mass is 9.88. The van der Waals surface area contributed by atoms with Gasteiger partial charge < -0.3 is 9.47 Å². The van der Waals surface area contributed by atoms with E-state index >= 15 is 0 Å². The third-order valence-corrected chi connectivity index (χ3v) is 15.3. The van der Waals surface area contributed by atoms with Crippen LogP contribution in [-0.2, 0) is 30.1 Å². The smallest absolute Gasteiger partial charge is 0.206 e. The van der Waals surface area contributed by atoms with Gasteiger partial charge >= 0.3 is 0 Å². The number of carbonyl (C=O) groups excluding carboxylic acids is 1. The number of hydrogen-bond donors (Lipinski definition) is 0. The van der Waals surface area contributed by atoms with Crippen LogP contribution in [0.2, 0.25) is 5.02 Å². The van der Waals surface area contributed by atoms with Gasteiger partial charge in [0.25, 0.3) is 0 Å². The van der Waals surface area contributed by atoms with E-state index in [1.807, 2.05) is 27.7 Å². The first-order valence-corrected chi connectivity index (χ1v) is 22.8. The number of sulfone groups is 2. The summed E-state index contributed by atoms with van der Waals surface area (Å²) in [5.74, 6) is 1.31. The molecule has 300 valence electrons. The summed E-state index contributed by atoms with van der Waals surface area (Å²) in [6.45, 7) is 8.04. The lowest BCUT2D eigenvalue weighted by Gasteiger charge is -2.33. The molecule has 11 heteroatoms. The van der Waals surface area contributed by atoms with Crippen LogP contribution in [0.15, 0.2) is 165 Å². The van der Waals surface area contributed by atoms with E-state index < -0.39 is 30.1 Å². The van der Waals surface area contributed by atoms with Crippen LogP contribution in [0.25, 0.3) is 0 Å². The van der Waals surface area contributed by atoms with Gasteiger partial charge in [-0.15, -0.1) is 11.6 Å². The molecule has 0 saturated carbocycles. The fourth-order valence-electron chi connectivity index (χ4n) is 6.84. The molecular formula is C47H44Cl2O7S2. The van der Waals surface area contributed by atoms with Gasteiger partial charge in [0, 0.05) is 16.1 Å². The number of alkyl halides is 1. The second kappa shape index (κ2) is 17.5. The van der Waals surface area contributed by atoms with Gasteiger partial charge in [-0.25, -0.2) is 16.8 Å². The SMILES string of the molecule is CCC(Cl)(CC)c1ccc(S(=O)(=O)c2ccc(Oc3ccc(C(=O)c4ccc(OC(CC)(CC)c5ccc(S(=O)(=O)c6ccc(Cl)cc6)cc5)cc4)cc3)cc2)cc1. The Hall–Kier alpha value is -4.93. The molecule has 0 unspecified atom stereocenters. The highest BCUT2D eigenvalue weighted by molar-refractivity contribution is 7.91. The second-order valence-corrected chi connectivity index (χ2v) is 19.0. The van der Waals surface area contributed by atoms with Crippen molar-refractivity contribution in [1.29, 1.82) is 0 Å². The summed E-state index contributed by atoms with van der Waals surface area (Å²) < 4.78 is 65.6. The zero-order chi connectivity index (χ0) is 41.7. The fourth-order valence-corrected chi connectivity index (χ4v) is 9.61. The molecule has 6 rings (SSSR count). The molecule has 58 heavy (non-hydrogen) atoms. The molecule has 6 aromatic rings. The van der Waals surface area contributed by atoms with Crippen LogP contribution in [-0.4, -0.2) is 22.6 Å². The molecule has 0 fully saturated rings. The summed E-state index contributed by atoms with van der Waals surface area (Å²) in [7, 11) is -7.48. The first-order chi connectivity index (χ1) is 27.7. The lowest BCUT2D eigenvalue weighted by molar-refractivity contribution is 0.0572. The number of ketones is 1. The quantitative estimate of drug-likeness (QED) is 0.0705. The highest BCUT2D eigenvalue weighted by Crippen LogP contribution is 2.38. The Kier molecular flexibility index (Phi) is 12.9. The average molecular weight is 856 g/mol. The number of halogens is 2. The molecule has 0 aliphatic heterocycles. The van der Waals surface area contributed by atoms with E-state index in [9.17, 15) is 21.6 Å². The van der Waals surface area contributed by atoms with E-state index in [1.54, 1.807) is 121 Å². The van der Waals surface area contributed by atoms with Gasteiger partial charge in [0.2, 0.25) is 19.7 Å². The predicted molar refractivity (Wildman–Crippen MR) is 229 cm³/mol. The molecule has 0 radical (unpaired) electrons. The summed E-state index contributed by atoms with van der Waals surface area (Å²) in [4.78, 5) is 13.6. The Morgan fingerprint density at radius 1 is 0.483 bits per heavy atom. The first-order valence-electron chi connectivity index (χ1n) is 19.1. The number of carbonyl (C=O) groups is 1. The van der Waals surface area contributed by atoms with Crippen LogP contribution in [0.4, 0.5) is 0 Å². The summed E-state index contributed by atoms with van der Waals surface area (Å²) in [6, 6.07) is 39.4. The largest absolute Gasteiger partial charge is 0.483 e. The lowest BCUT2D eigenvalue weighted by Crippen LogP contribution is -2.31. The van der Waals surface area contributed by atoms with Crippen molar-refractivity contribution in [3.63, 3.8) is 0 Å². The van der Waals surface area contributed by atoms with Crippen molar-refractivity contribution >= 4 is 48.7 Å². The topological polar surface area (TPSA) is 104 Å². The maximum atomic E-state index is 13.4. The standard InChI is InChI=1S/C47H44Cl2O7S2/c1-5-46(49,6-2)35-13-25-41(26-14-35)58(53,54)44-31-23-39(24-32-44)55-38-19-9-33(10-20-38)45(50)34-11-21-40(22-12-34)56-47(7-3,8-4)36-15-27-42(28-16-36)57(51,52)43-29-17-37(48)18-30-43/h9-32H,5-8H2,1-4H3. The molecule has 7 nitrogen and oxygen atoms in total. The minimum absolute atomic E-state index is 0.139. The van der Waals surface area contributed by atoms with Gasteiger partial charge in [0.1, 0.15) is 22.8 Å². The fraction of sp³-hybridized carbons (Fsp3) is 0.213. The van der Waals surface area contributed by atoms with E-state index in [0.717, 1.165) is 24.0 Å². The first kappa shape index (κ1) is 42.7. The molecule has 0 bridgehead atoms. The average Bonchev–Trinajstić information content (AvgIpc) is 3.26. The zero-order valence-electron chi connectivity index (χ0n) is 32.6. The summed E-state index contributed by atoms with van der Waals surface area (Å²) in [6.07, 6.45) is 2.70. The molecule has 0 amide bonds. The second-order valence-electron chi connectivity index (χ2n) is 13.9. The van der Waals surface area contributed by atoms with Crippen LogP contribution >= 0.6 is 23.2 Å². The van der Waals surface area contributed by atoms with Gasteiger partial charge in [0.05, 0.1) is 24.5 Å². The Balaban J connectivity index is 1.09. The Labute approximate surface area is 351 Å². The van der Waals surface area contributed by atoms with Crippen molar-refractivity contribution in [1.82, 2.24) is 0 Å². The summed E-state index contributed by atoms with van der Waals surface area (Å²) in [5, 5.41) is 0.458. The normalized spacial score (nSPS) is 12.2. The molecule has 0 aliphatic rings. The van der Waals surface area contributed by atoms with Crippen molar-refractivity contribution in [3.8, 4) is 17.2 Å². The molecule has 0 atom stereocenters. The Morgan fingerprint density at radius 3 is 1.22 bits per heavy atom. The molecule has 0 heterocycles. The number of ether oxygens (including phenoxy) is 2. The van der Waals surface area contributed by atoms with E-state index in [0.29, 0.717) is 46.2 Å². The highest BCUT2D eigenvalue weighted by Gasteiger charge is 2.32. The van der Waals surface area contributed by atoms with Gasteiger partial charge in [-0.1, -0.05) is 63.6 Å². The van der Waals surface area contributed by atoms with Crippen molar-refractivity contribution < 1.29 is 31.1 Å².